The van der Waals surface area contributed by atoms with Gasteiger partial charge in [-0.2, -0.15) is 5.26 Å². The Kier molecular flexibility index (Phi) is 9.74. The van der Waals surface area contributed by atoms with Crippen molar-refractivity contribution >= 4 is 104 Å². The van der Waals surface area contributed by atoms with Crippen molar-refractivity contribution in [2.24, 2.45) is 0 Å². The van der Waals surface area contributed by atoms with Crippen molar-refractivity contribution in [3.63, 3.8) is 0 Å². The molecule has 9 nitrogen and oxygen atoms in total. The molecular formula is C26H18Cl4N4O5S2. The van der Waals surface area contributed by atoms with Crippen LogP contribution in [0.2, 0.25) is 20.1 Å². The summed E-state index contributed by atoms with van der Waals surface area (Å²) >= 11 is 26.6. The Morgan fingerprint density at radius 3 is 2.39 bits per heavy atom. The van der Waals surface area contributed by atoms with E-state index in [1.165, 1.54) is 30.0 Å². The van der Waals surface area contributed by atoms with Crippen molar-refractivity contribution in [1.82, 2.24) is 4.90 Å². The molecule has 3 N–H and O–H groups in total. The number of fused-ring (bicyclic) bond motifs is 1. The van der Waals surface area contributed by atoms with Crippen molar-refractivity contribution < 1.29 is 24.3 Å². The number of carbonyl (C=O) groups excluding carboxylic acids is 3. The molecule has 1 aliphatic rings. The summed E-state index contributed by atoms with van der Waals surface area (Å²) in [4.78, 5) is 52.5. The Hall–Kier alpha value is -2.98. The van der Waals surface area contributed by atoms with Gasteiger partial charge in [0.2, 0.25) is 11.8 Å². The number of amides is 3. The van der Waals surface area contributed by atoms with Crippen LogP contribution in [0.1, 0.15) is 43.6 Å². The second-order valence-electron chi connectivity index (χ2n) is 8.64. The lowest BCUT2D eigenvalue weighted by Gasteiger charge is -2.25. The van der Waals surface area contributed by atoms with E-state index in [2.05, 4.69) is 16.7 Å². The van der Waals surface area contributed by atoms with E-state index in [1.54, 1.807) is 29.2 Å². The van der Waals surface area contributed by atoms with Gasteiger partial charge in [-0.25, -0.2) is 4.79 Å². The van der Waals surface area contributed by atoms with Crippen molar-refractivity contribution in [2.75, 3.05) is 22.9 Å². The summed E-state index contributed by atoms with van der Waals surface area (Å²) in [6, 6.07) is 8.68. The number of thioether (sulfide) groups is 1. The molecule has 1 aliphatic heterocycles. The monoisotopic (exact) mass is 670 g/mol. The van der Waals surface area contributed by atoms with Gasteiger partial charge in [0.25, 0.3) is 5.91 Å². The van der Waals surface area contributed by atoms with E-state index in [1.807, 2.05) is 0 Å². The third kappa shape index (κ3) is 6.59. The summed E-state index contributed by atoms with van der Waals surface area (Å²) in [5, 5.41) is 23.7. The quantitative estimate of drug-likeness (QED) is 0.142. The summed E-state index contributed by atoms with van der Waals surface area (Å²) in [5.74, 6) is -2.78. The number of rotatable bonds is 7. The van der Waals surface area contributed by atoms with Crippen molar-refractivity contribution in [3.8, 4) is 6.07 Å². The molecule has 3 amide bonds. The van der Waals surface area contributed by atoms with Gasteiger partial charge in [0.1, 0.15) is 11.1 Å². The van der Waals surface area contributed by atoms with Crippen molar-refractivity contribution in [3.05, 3.63) is 71.5 Å². The second kappa shape index (κ2) is 12.9. The van der Waals surface area contributed by atoms with Gasteiger partial charge in [0.15, 0.2) is 0 Å². The number of hydrogen-bond donors (Lipinski definition) is 3. The molecule has 2 heterocycles. The molecule has 15 heteroatoms. The zero-order valence-corrected chi connectivity index (χ0v) is 25.6. The number of nitriles is 1. The van der Waals surface area contributed by atoms with Crippen LogP contribution in [-0.2, 0) is 22.6 Å². The number of benzene rings is 2. The SMILES string of the molecule is CC(=O)N1CCc2c(sc(NC(=O)CSc3cccc(NC(=O)c4c(Cl)c(Cl)c(Cl)c(Cl)c4C(=O)O)c3)c2C#N)C1. The van der Waals surface area contributed by atoms with Crippen molar-refractivity contribution in [2.45, 2.75) is 24.8 Å². The van der Waals surface area contributed by atoms with Crippen LogP contribution in [0.25, 0.3) is 0 Å². The maximum absolute atomic E-state index is 13.0. The lowest BCUT2D eigenvalue weighted by molar-refractivity contribution is -0.129. The third-order valence-corrected chi connectivity index (χ3v) is 9.96. The number of carboxylic acids is 1. The highest BCUT2D eigenvalue weighted by Gasteiger charge is 2.29. The number of carboxylic acid groups (broad SMARTS) is 1. The average molecular weight is 672 g/mol. The molecule has 0 saturated carbocycles. The van der Waals surface area contributed by atoms with Crippen LogP contribution in [0.3, 0.4) is 0 Å². The van der Waals surface area contributed by atoms with Crippen molar-refractivity contribution in [1.29, 1.82) is 5.26 Å². The van der Waals surface area contributed by atoms with Crippen LogP contribution in [0, 0.1) is 11.3 Å². The lowest BCUT2D eigenvalue weighted by atomic mass is 10.0. The van der Waals surface area contributed by atoms with E-state index in [0.29, 0.717) is 40.7 Å². The summed E-state index contributed by atoms with van der Waals surface area (Å²) in [7, 11) is 0. The van der Waals surface area contributed by atoms with Gasteiger partial charge >= 0.3 is 5.97 Å². The molecule has 0 aliphatic carbocycles. The van der Waals surface area contributed by atoms with Gasteiger partial charge in [-0.1, -0.05) is 52.5 Å². The molecule has 0 atom stereocenters. The van der Waals surface area contributed by atoms with Crippen LogP contribution >= 0.6 is 69.5 Å². The normalized spacial score (nSPS) is 12.3. The molecule has 2 aromatic carbocycles. The first-order valence-electron chi connectivity index (χ1n) is 11.7. The van der Waals surface area contributed by atoms with Gasteiger partial charge < -0.3 is 20.6 Å². The molecule has 0 saturated heterocycles. The Morgan fingerprint density at radius 2 is 1.76 bits per heavy atom. The lowest BCUT2D eigenvalue weighted by Crippen LogP contribution is -2.33. The van der Waals surface area contributed by atoms with E-state index in [-0.39, 0.29) is 32.6 Å². The standard InChI is InChI=1S/C26H18Cl4N4O5S2/c1-11(35)34-6-5-14-15(8-31)25(41-16(14)9-34)33-17(36)10-40-13-4-2-3-12(7-13)32-24(37)18-19(26(38)39)21(28)23(30)22(29)20(18)27/h2-4,7H,5-6,9-10H2,1H3,(H,32,37)(H,33,36)(H,38,39). The minimum absolute atomic E-state index is 0.00178. The highest BCUT2D eigenvalue weighted by Crippen LogP contribution is 2.42. The molecule has 212 valence electrons. The number of hydrogen-bond acceptors (Lipinski definition) is 7. The van der Waals surface area contributed by atoms with E-state index >= 15 is 0 Å². The zero-order chi connectivity index (χ0) is 30.0. The van der Waals surface area contributed by atoms with E-state index in [4.69, 9.17) is 46.4 Å². The highest BCUT2D eigenvalue weighted by molar-refractivity contribution is 8.00. The fourth-order valence-electron chi connectivity index (χ4n) is 4.09. The first-order valence-corrected chi connectivity index (χ1v) is 15.0. The third-order valence-electron chi connectivity index (χ3n) is 6.04. The molecule has 0 bridgehead atoms. The van der Waals surface area contributed by atoms with Crippen LogP contribution in [-0.4, -0.2) is 46.0 Å². The van der Waals surface area contributed by atoms with Crippen LogP contribution in [0.15, 0.2) is 29.2 Å². The Morgan fingerprint density at radius 1 is 1.07 bits per heavy atom. The van der Waals surface area contributed by atoms with Crippen LogP contribution in [0.4, 0.5) is 10.7 Å². The number of anilines is 2. The van der Waals surface area contributed by atoms with Gasteiger partial charge in [-0.15, -0.1) is 23.1 Å². The fraction of sp³-hybridized carbons (Fsp3) is 0.192. The predicted molar refractivity (Wildman–Crippen MR) is 161 cm³/mol. The predicted octanol–water partition coefficient (Wildman–Crippen LogP) is 6.82. The molecular weight excluding hydrogens is 654 g/mol. The molecule has 3 aromatic rings. The Bertz CT molecular complexity index is 1650. The maximum atomic E-state index is 13.0. The number of nitrogens with zero attached hydrogens (tertiary/aromatic N) is 2. The Labute approximate surface area is 262 Å². The van der Waals surface area contributed by atoms with Gasteiger partial charge in [-0.3, -0.25) is 14.4 Å². The summed E-state index contributed by atoms with van der Waals surface area (Å²) in [5.41, 5.74) is 0.526. The number of thiophene rings is 1. The molecule has 1 aromatic heterocycles. The number of carbonyl (C=O) groups is 4. The summed E-state index contributed by atoms with van der Waals surface area (Å²) in [6.07, 6.45) is 0.547. The topological polar surface area (TPSA) is 140 Å². The second-order valence-corrected chi connectivity index (χ2v) is 12.3. The molecule has 0 radical (unpaired) electrons. The number of halogens is 4. The fourth-order valence-corrected chi connectivity index (χ4v) is 7.10. The van der Waals surface area contributed by atoms with Gasteiger partial charge in [0.05, 0.1) is 49.1 Å². The summed E-state index contributed by atoms with van der Waals surface area (Å²) < 4.78 is 0. The maximum Gasteiger partial charge on any atom is 0.338 e. The average Bonchev–Trinajstić information content (AvgIpc) is 3.28. The molecule has 0 fully saturated rings. The Balaban J connectivity index is 1.45. The molecule has 41 heavy (non-hydrogen) atoms. The largest absolute Gasteiger partial charge is 0.478 e. The first kappa shape index (κ1) is 31.0. The van der Waals surface area contributed by atoms with E-state index in [0.717, 1.165) is 10.4 Å². The van der Waals surface area contributed by atoms with Gasteiger partial charge in [-0.05, 0) is 30.2 Å². The molecule has 4 rings (SSSR count). The smallest absolute Gasteiger partial charge is 0.338 e. The van der Waals surface area contributed by atoms with E-state index in [9.17, 15) is 29.5 Å². The highest BCUT2D eigenvalue weighted by atomic mass is 35.5. The minimum atomic E-state index is -1.52. The van der Waals surface area contributed by atoms with Crippen LogP contribution < -0.4 is 10.6 Å². The van der Waals surface area contributed by atoms with Gasteiger partial charge in [0, 0.05) is 28.9 Å². The number of nitrogens with one attached hydrogen (secondary N) is 2. The zero-order valence-electron chi connectivity index (χ0n) is 20.9. The molecule has 0 spiro atoms. The summed E-state index contributed by atoms with van der Waals surface area (Å²) in [6.45, 7) is 2.42. The molecule has 0 unspecified atom stereocenters. The van der Waals surface area contributed by atoms with E-state index < -0.39 is 28.0 Å². The first-order chi connectivity index (χ1) is 19.4. The minimum Gasteiger partial charge on any atom is -0.478 e. The van der Waals surface area contributed by atoms with Crippen LogP contribution in [0.5, 0.6) is 0 Å². The number of aromatic carboxylic acids is 1.